The molecule has 0 atom stereocenters. The molecule has 1 aromatic carbocycles. The van der Waals surface area contributed by atoms with Gasteiger partial charge in [-0.15, -0.1) is 0 Å². The van der Waals surface area contributed by atoms with Gasteiger partial charge in [0.05, 0.1) is 5.75 Å². The summed E-state index contributed by atoms with van der Waals surface area (Å²) in [6, 6.07) is 7.44. The third kappa shape index (κ3) is 5.53. The molecule has 0 bridgehead atoms. The number of hydrogen-bond donors (Lipinski definition) is 1. The van der Waals surface area contributed by atoms with Crippen LogP contribution in [0.2, 0.25) is 5.02 Å². The van der Waals surface area contributed by atoms with Crippen molar-refractivity contribution in [1.29, 1.82) is 0 Å². The van der Waals surface area contributed by atoms with E-state index in [0.717, 1.165) is 9.99 Å². The Kier molecular flexibility index (Phi) is 6.68. The lowest BCUT2D eigenvalue weighted by molar-refractivity contribution is 0.385. The quantitative estimate of drug-likeness (QED) is 0.693. The van der Waals surface area contributed by atoms with Crippen LogP contribution in [-0.2, 0) is 20.2 Å². The number of anilines is 1. The molecule has 0 saturated carbocycles. The fraction of sp³-hybridized carbons (Fsp3) is 0.571. The lowest BCUT2D eigenvalue weighted by Gasteiger charge is -2.35. The van der Waals surface area contributed by atoms with Crippen molar-refractivity contribution in [2.75, 3.05) is 57.5 Å². The van der Waals surface area contributed by atoms with Crippen molar-refractivity contribution in [2.45, 2.75) is 0 Å². The summed E-state index contributed by atoms with van der Waals surface area (Å²) in [5.41, 5.74) is 0.961. The largest absolute Gasteiger partial charge is 0.369 e. The molecule has 0 amide bonds. The fourth-order valence-corrected chi connectivity index (χ4v) is 4.72. The summed E-state index contributed by atoms with van der Waals surface area (Å²) in [5.74, 6) is -0.267. The highest BCUT2D eigenvalue weighted by molar-refractivity contribution is 7.89. The fourth-order valence-electron chi connectivity index (χ4n) is 2.46. The molecule has 0 radical (unpaired) electrons. The second kappa shape index (κ2) is 8.19. The van der Waals surface area contributed by atoms with E-state index in [2.05, 4.69) is 9.62 Å². The Bertz CT molecular complexity index is 791. The number of halogens is 1. The third-order valence-corrected chi connectivity index (χ3v) is 7.57. The standard InChI is InChI=1S/C14H23ClN4O4S2/c1-17(2)25(22,23)16-6-11-24(20,21)19-9-7-18(8-10-19)14-5-3-4-13(15)12-14/h3-5,12,16H,6-11H2,1-2H3. The maximum atomic E-state index is 12.4. The molecule has 1 saturated heterocycles. The van der Waals surface area contributed by atoms with Gasteiger partial charge in [0.2, 0.25) is 10.0 Å². The van der Waals surface area contributed by atoms with Gasteiger partial charge < -0.3 is 4.90 Å². The Morgan fingerprint density at radius 3 is 2.32 bits per heavy atom. The summed E-state index contributed by atoms with van der Waals surface area (Å²) >= 11 is 5.99. The number of nitrogens with one attached hydrogen (secondary N) is 1. The molecule has 1 N–H and O–H groups in total. The van der Waals surface area contributed by atoms with Gasteiger partial charge in [0, 0.05) is 57.5 Å². The Hall–Kier alpha value is -0.910. The van der Waals surface area contributed by atoms with E-state index in [1.54, 1.807) is 6.07 Å². The second-order valence-corrected chi connectivity index (χ2v) is 10.4. The molecule has 142 valence electrons. The molecule has 0 unspecified atom stereocenters. The minimum Gasteiger partial charge on any atom is -0.369 e. The molecule has 1 heterocycles. The molecular formula is C14H23ClN4O4S2. The van der Waals surface area contributed by atoms with E-state index in [-0.39, 0.29) is 12.3 Å². The first-order chi connectivity index (χ1) is 11.6. The average molecular weight is 411 g/mol. The van der Waals surface area contributed by atoms with E-state index >= 15 is 0 Å². The minimum absolute atomic E-state index is 0.155. The van der Waals surface area contributed by atoms with E-state index < -0.39 is 20.2 Å². The van der Waals surface area contributed by atoms with Crippen LogP contribution in [-0.4, -0.2) is 78.0 Å². The van der Waals surface area contributed by atoms with Gasteiger partial charge in [-0.2, -0.15) is 17.0 Å². The second-order valence-electron chi connectivity index (χ2n) is 5.86. The number of nitrogens with zero attached hydrogens (tertiary/aromatic N) is 3. The van der Waals surface area contributed by atoms with Crippen LogP contribution in [0.15, 0.2) is 24.3 Å². The summed E-state index contributed by atoms with van der Waals surface area (Å²) in [4.78, 5) is 2.08. The van der Waals surface area contributed by atoms with Gasteiger partial charge in [-0.05, 0) is 18.2 Å². The number of benzene rings is 1. The molecule has 0 spiro atoms. The van der Waals surface area contributed by atoms with Crippen molar-refractivity contribution < 1.29 is 16.8 Å². The van der Waals surface area contributed by atoms with Gasteiger partial charge in [-0.1, -0.05) is 17.7 Å². The van der Waals surface area contributed by atoms with E-state index in [0.29, 0.717) is 31.2 Å². The van der Waals surface area contributed by atoms with Gasteiger partial charge in [0.25, 0.3) is 10.2 Å². The molecule has 1 fully saturated rings. The number of rotatable bonds is 7. The molecular weight excluding hydrogens is 388 g/mol. The van der Waals surface area contributed by atoms with Crippen molar-refractivity contribution in [3.05, 3.63) is 29.3 Å². The molecule has 0 aliphatic carbocycles. The first-order valence-corrected chi connectivity index (χ1v) is 11.2. The topological polar surface area (TPSA) is 90.0 Å². The zero-order chi connectivity index (χ0) is 18.7. The number of piperazine rings is 1. The predicted octanol–water partition coefficient (Wildman–Crippen LogP) is 0.188. The summed E-state index contributed by atoms with van der Waals surface area (Å²) < 4.78 is 52.6. The van der Waals surface area contributed by atoms with Crippen molar-refractivity contribution >= 4 is 37.5 Å². The van der Waals surface area contributed by atoms with Crippen molar-refractivity contribution in [3.8, 4) is 0 Å². The van der Waals surface area contributed by atoms with Crippen LogP contribution in [0.3, 0.4) is 0 Å². The van der Waals surface area contributed by atoms with Crippen molar-refractivity contribution in [2.24, 2.45) is 0 Å². The van der Waals surface area contributed by atoms with Crippen LogP contribution in [0, 0.1) is 0 Å². The number of hydrogen-bond acceptors (Lipinski definition) is 5. The first-order valence-electron chi connectivity index (χ1n) is 7.77. The van der Waals surface area contributed by atoms with Crippen LogP contribution in [0.1, 0.15) is 0 Å². The maximum absolute atomic E-state index is 12.4. The highest BCUT2D eigenvalue weighted by Crippen LogP contribution is 2.21. The molecule has 11 heteroatoms. The van der Waals surface area contributed by atoms with Crippen LogP contribution >= 0.6 is 11.6 Å². The minimum atomic E-state index is -3.62. The Morgan fingerprint density at radius 1 is 1.12 bits per heavy atom. The van der Waals surface area contributed by atoms with Gasteiger partial charge in [-0.25, -0.2) is 13.1 Å². The van der Waals surface area contributed by atoms with E-state index in [9.17, 15) is 16.8 Å². The zero-order valence-electron chi connectivity index (χ0n) is 14.2. The molecule has 1 aromatic rings. The van der Waals surface area contributed by atoms with Crippen molar-refractivity contribution in [3.63, 3.8) is 0 Å². The SMILES string of the molecule is CN(C)S(=O)(=O)NCCS(=O)(=O)N1CCN(c2cccc(Cl)c2)CC1. The van der Waals surface area contributed by atoms with Gasteiger partial charge in [0.1, 0.15) is 0 Å². The zero-order valence-corrected chi connectivity index (χ0v) is 16.6. The molecule has 0 aromatic heterocycles. The lowest BCUT2D eigenvalue weighted by Crippen LogP contribution is -2.50. The van der Waals surface area contributed by atoms with Crippen LogP contribution < -0.4 is 9.62 Å². The highest BCUT2D eigenvalue weighted by Gasteiger charge is 2.27. The molecule has 25 heavy (non-hydrogen) atoms. The van der Waals surface area contributed by atoms with E-state index in [1.165, 1.54) is 18.4 Å². The van der Waals surface area contributed by atoms with E-state index in [4.69, 9.17) is 11.6 Å². The molecule has 1 aliphatic heterocycles. The lowest BCUT2D eigenvalue weighted by atomic mass is 10.2. The molecule has 1 aliphatic rings. The summed E-state index contributed by atoms with van der Waals surface area (Å²) in [7, 11) is -4.37. The van der Waals surface area contributed by atoms with Gasteiger partial charge >= 0.3 is 0 Å². The predicted molar refractivity (Wildman–Crippen MR) is 99.6 cm³/mol. The smallest absolute Gasteiger partial charge is 0.278 e. The summed E-state index contributed by atoms with van der Waals surface area (Å²) in [6.45, 7) is 1.67. The van der Waals surface area contributed by atoms with Crippen LogP contribution in [0.4, 0.5) is 5.69 Å². The highest BCUT2D eigenvalue weighted by atomic mass is 35.5. The first kappa shape index (κ1) is 20.4. The Morgan fingerprint density at radius 2 is 1.76 bits per heavy atom. The summed E-state index contributed by atoms with van der Waals surface area (Å²) in [6.07, 6.45) is 0. The Labute approximate surface area is 154 Å². The number of sulfonamides is 1. The van der Waals surface area contributed by atoms with Crippen LogP contribution in [0.25, 0.3) is 0 Å². The van der Waals surface area contributed by atoms with E-state index in [1.807, 2.05) is 18.2 Å². The monoisotopic (exact) mass is 410 g/mol. The maximum Gasteiger partial charge on any atom is 0.278 e. The normalized spacial score (nSPS) is 17.2. The van der Waals surface area contributed by atoms with Gasteiger partial charge in [0.15, 0.2) is 0 Å². The Balaban J connectivity index is 1.88. The summed E-state index contributed by atoms with van der Waals surface area (Å²) in [5, 5.41) is 0.640. The van der Waals surface area contributed by atoms with Crippen molar-refractivity contribution in [1.82, 2.24) is 13.3 Å². The molecule has 8 nitrogen and oxygen atoms in total. The molecule has 2 rings (SSSR count). The van der Waals surface area contributed by atoms with Gasteiger partial charge in [-0.3, -0.25) is 0 Å². The third-order valence-electron chi connectivity index (χ3n) is 3.93. The average Bonchev–Trinajstić information content (AvgIpc) is 2.54. The van der Waals surface area contributed by atoms with Crippen LogP contribution in [0.5, 0.6) is 0 Å².